The highest BCUT2D eigenvalue weighted by Crippen LogP contribution is 2.16. The van der Waals surface area contributed by atoms with Crippen LogP contribution in [-0.4, -0.2) is 35.7 Å². The molecule has 0 aliphatic rings. The van der Waals surface area contributed by atoms with Gasteiger partial charge in [0.15, 0.2) is 0 Å². The van der Waals surface area contributed by atoms with Crippen LogP contribution in [0, 0.1) is 0 Å². The van der Waals surface area contributed by atoms with E-state index in [9.17, 15) is 4.79 Å². The number of carboxylic acid groups (broad SMARTS) is 1. The van der Waals surface area contributed by atoms with Crippen LogP contribution in [0.4, 0.5) is 0 Å². The maximum absolute atomic E-state index is 11.1. The summed E-state index contributed by atoms with van der Waals surface area (Å²) in [5.74, 6) is 0.0690. The molecule has 1 aromatic rings. The van der Waals surface area contributed by atoms with Crippen LogP contribution in [-0.2, 0) is 11.3 Å². The van der Waals surface area contributed by atoms with Crippen LogP contribution in [0.25, 0.3) is 0 Å². The second-order valence-electron chi connectivity index (χ2n) is 4.67. The first-order valence-corrected chi connectivity index (χ1v) is 6.73. The predicted octanol–water partition coefficient (Wildman–Crippen LogP) is 2.77. The molecule has 1 unspecified atom stereocenters. The summed E-state index contributed by atoms with van der Waals surface area (Å²) in [6.45, 7) is 5.26. The van der Waals surface area contributed by atoms with Crippen LogP contribution >= 0.6 is 0 Å². The van der Waals surface area contributed by atoms with Crippen LogP contribution in [0.15, 0.2) is 24.3 Å². The number of hydrogen-bond donors (Lipinski definition) is 1. The predicted molar refractivity (Wildman–Crippen MR) is 75.4 cm³/mol. The molecule has 0 aromatic heterocycles. The zero-order chi connectivity index (χ0) is 14.3. The van der Waals surface area contributed by atoms with Gasteiger partial charge in [0.25, 0.3) is 0 Å². The first-order chi connectivity index (χ1) is 9.08. The molecule has 106 valence electrons. The molecule has 0 spiro atoms. The molecule has 1 atom stereocenters. The van der Waals surface area contributed by atoms with E-state index in [0.29, 0.717) is 19.6 Å². The lowest BCUT2D eigenvalue weighted by Crippen LogP contribution is -2.37. The Balaban J connectivity index is 2.67. The van der Waals surface area contributed by atoms with E-state index >= 15 is 0 Å². The van der Waals surface area contributed by atoms with Gasteiger partial charge in [-0.1, -0.05) is 26.0 Å². The van der Waals surface area contributed by atoms with Crippen molar-refractivity contribution in [2.45, 2.75) is 39.3 Å². The Kier molecular flexibility index (Phi) is 6.36. The lowest BCUT2D eigenvalue weighted by molar-refractivity contribution is -0.143. The molecule has 0 aliphatic heterocycles. The van der Waals surface area contributed by atoms with Crippen molar-refractivity contribution in [3.63, 3.8) is 0 Å². The molecule has 4 nitrogen and oxygen atoms in total. The second kappa shape index (κ2) is 7.79. The van der Waals surface area contributed by atoms with E-state index in [4.69, 9.17) is 9.84 Å². The topological polar surface area (TPSA) is 49.8 Å². The van der Waals surface area contributed by atoms with Crippen molar-refractivity contribution in [1.29, 1.82) is 0 Å². The van der Waals surface area contributed by atoms with Gasteiger partial charge >= 0.3 is 5.97 Å². The number of carbonyl (C=O) groups is 1. The highest BCUT2D eigenvalue weighted by molar-refractivity contribution is 5.73. The number of ether oxygens (including phenoxy) is 1. The van der Waals surface area contributed by atoms with Gasteiger partial charge in [-0.25, -0.2) is 0 Å². The maximum Gasteiger partial charge on any atom is 0.320 e. The van der Waals surface area contributed by atoms with Gasteiger partial charge in [0, 0.05) is 6.54 Å². The van der Waals surface area contributed by atoms with Crippen LogP contribution < -0.4 is 4.74 Å². The molecule has 0 heterocycles. The van der Waals surface area contributed by atoms with Crippen molar-refractivity contribution in [3.05, 3.63) is 29.8 Å². The molecule has 0 bridgehead atoms. The summed E-state index contributed by atoms with van der Waals surface area (Å²) in [6.07, 6.45) is 1.57. The molecule has 1 aromatic carbocycles. The summed E-state index contributed by atoms with van der Waals surface area (Å²) in [7, 11) is 1.84. The molecule has 0 amide bonds. The van der Waals surface area contributed by atoms with E-state index in [0.717, 1.165) is 17.7 Å². The number of benzene rings is 1. The Morgan fingerprint density at radius 1 is 1.42 bits per heavy atom. The van der Waals surface area contributed by atoms with Crippen molar-refractivity contribution in [2.75, 3.05) is 13.7 Å². The summed E-state index contributed by atoms with van der Waals surface area (Å²) >= 11 is 0. The number of likely N-dealkylation sites (N-methyl/N-ethyl adjacent to an activating group) is 1. The van der Waals surface area contributed by atoms with E-state index in [1.54, 1.807) is 0 Å². The number of hydrogen-bond acceptors (Lipinski definition) is 3. The van der Waals surface area contributed by atoms with Crippen molar-refractivity contribution < 1.29 is 14.6 Å². The molecule has 0 saturated carbocycles. The van der Waals surface area contributed by atoms with Gasteiger partial charge in [0.05, 0.1) is 6.61 Å². The van der Waals surface area contributed by atoms with Gasteiger partial charge < -0.3 is 9.84 Å². The van der Waals surface area contributed by atoms with Crippen LogP contribution in [0.2, 0.25) is 0 Å². The zero-order valence-electron chi connectivity index (χ0n) is 11.9. The third kappa shape index (κ3) is 4.91. The largest absolute Gasteiger partial charge is 0.494 e. The van der Waals surface area contributed by atoms with Crippen LogP contribution in [0.1, 0.15) is 32.3 Å². The van der Waals surface area contributed by atoms with Gasteiger partial charge in [0.2, 0.25) is 0 Å². The first kappa shape index (κ1) is 15.5. The van der Waals surface area contributed by atoms with Gasteiger partial charge in [-0.05, 0) is 37.6 Å². The molecule has 4 heteroatoms. The Labute approximate surface area is 115 Å². The Morgan fingerprint density at radius 2 is 2.16 bits per heavy atom. The molecule has 1 rings (SSSR count). The fourth-order valence-electron chi connectivity index (χ4n) is 2.03. The smallest absolute Gasteiger partial charge is 0.320 e. The van der Waals surface area contributed by atoms with Gasteiger partial charge in [-0.2, -0.15) is 0 Å². The van der Waals surface area contributed by atoms with Crippen LogP contribution in [0.3, 0.4) is 0 Å². The lowest BCUT2D eigenvalue weighted by Gasteiger charge is -2.23. The molecular formula is C15H23NO3. The van der Waals surface area contributed by atoms with E-state index < -0.39 is 12.0 Å². The minimum atomic E-state index is -0.775. The summed E-state index contributed by atoms with van der Waals surface area (Å²) in [5, 5.41) is 9.13. The molecule has 19 heavy (non-hydrogen) atoms. The summed E-state index contributed by atoms with van der Waals surface area (Å²) in [4.78, 5) is 13.0. The lowest BCUT2D eigenvalue weighted by atomic mass is 10.1. The maximum atomic E-state index is 11.1. The zero-order valence-corrected chi connectivity index (χ0v) is 11.9. The monoisotopic (exact) mass is 265 g/mol. The molecule has 1 N–H and O–H groups in total. The summed E-state index contributed by atoms with van der Waals surface area (Å²) in [5.41, 5.74) is 1.07. The molecule has 0 saturated heterocycles. The van der Waals surface area contributed by atoms with Gasteiger partial charge in [-0.3, -0.25) is 9.69 Å². The number of aliphatic carboxylic acids is 1. The molecule has 0 radical (unpaired) electrons. The highest BCUT2D eigenvalue weighted by atomic mass is 16.5. The van der Waals surface area contributed by atoms with Crippen molar-refractivity contribution in [1.82, 2.24) is 4.90 Å². The molecule has 0 fully saturated rings. The second-order valence-corrected chi connectivity index (χ2v) is 4.67. The van der Waals surface area contributed by atoms with Crippen molar-refractivity contribution in [3.8, 4) is 5.75 Å². The minimum Gasteiger partial charge on any atom is -0.494 e. The average Bonchev–Trinajstić information content (AvgIpc) is 2.37. The summed E-state index contributed by atoms with van der Waals surface area (Å²) in [6, 6.07) is 7.38. The molecule has 0 aliphatic carbocycles. The Bertz CT molecular complexity index is 406. The third-order valence-corrected chi connectivity index (χ3v) is 3.01. The molecular weight excluding hydrogens is 242 g/mol. The van der Waals surface area contributed by atoms with Gasteiger partial charge in [0.1, 0.15) is 11.8 Å². The van der Waals surface area contributed by atoms with Crippen molar-refractivity contribution >= 4 is 5.97 Å². The summed E-state index contributed by atoms with van der Waals surface area (Å²) < 4.78 is 5.58. The number of nitrogens with zero attached hydrogens (tertiary/aromatic N) is 1. The Morgan fingerprint density at radius 3 is 2.74 bits per heavy atom. The van der Waals surface area contributed by atoms with Crippen LogP contribution in [0.5, 0.6) is 5.75 Å². The van der Waals surface area contributed by atoms with E-state index in [1.165, 1.54) is 0 Å². The third-order valence-electron chi connectivity index (χ3n) is 3.01. The van der Waals surface area contributed by atoms with E-state index in [2.05, 4.69) is 6.92 Å². The normalized spacial score (nSPS) is 12.4. The quantitative estimate of drug-likeness (QED) is 0.785. The number of carboxylic acids is 1. The van der Waals surface area contributed by atoms with E-state index in [-0.39, 0.29) is 0 Å². The first-order valence-electron chi connectivity index (χ1n) is 6.73. The number of rotatable bonds is 8. The minimum absolute atomic E-state index is 0.444. The highest BCUT2D eigenvalue weighted by Gasteiger charge is 2.20. The Hall–Kier alpha value is -1.55. The van der Waals surface area contributed by atoms with Crippen molar-refractivity contribution in [2.24, 2.45) is 0 Å². The standard InChI is InChI=1S/C15H23NO3/c1-4-9-19-13-8-6-7-12(10-13)11-16(3)14(5-2)15(17)18/h6-8,10,14H,4-5,9,11H2,1-3H3,(H,17,18). The fourth-order valence-corrected chi connectivity index (χ4v) is 2.03. The van der Waals surface area contributed by atoms with Gasteiger partial charge in [-0.15, -0.1) is 0 Å². The van der Waals surface area contributed by atoms with E-state index in [1.807, 2.05) is 43.1 Å². The SMILES string of the molecule is CCCOc1cccc(CN(C)C(CC)C(=O)O)c1. The average molecular weight is 265 g/mol. The fraction of sp³-hybridized carbons (Fsp3) is 0.533.